The molecule has 0 aliphatic carbocycles. The standard InChI is InChI=1S/C21H23FN2O5S2/c1-3-28-20(26)18-15-9-10-24(21(27)29-4-2)11-16(15)31-19(18)23-17(25)12-30-14-7-5-13(22)6-8-14/h5-8H,3-4,9-12H2,1-2H3,(H,23,25). The van der Waals surface area contributed by atoms with Gasteiger partial charge in [0.25, 0.3) is 0 Å². The molecule has 0 unspecified atom stereocenters. The van der Waals surface area contributed by atoms with Crippen LogP contribution in [0.1, 0.15) is 34.6 Å². The van der Waals surface area contributed by atoms with Crippen LogP contribution in [0.4, 0.5) is 14.2 Å². The third kappa shape index (κ3) is 5.76. The molecular weight excluding hydrogens is 443 g/mol. The molecule has 10 heteroatoms. The smallest absolute Gasteiger partial charge is 0.410 e. The van der Waals surface area contributed by atoms with Gasteiger partial charge in [-0.15, -0.1) is 23.1 Å². The molecule has 2 heterocycles. The lowest BCUT2D eigenvalue weighted by molar-refractivity contribution is -0.113. The summed E-state index contributed by atoms with van der Waals surface area (Å²) in [6, 6.07) is 5.87. The minimum absolute atomic E-state index is 0.103. The lowest BCUT2D eigenvalue weighted by Crippen LogP contribution is -2.36. The number of nitrogens with one attached hydrogen (secondary N) is 1. The molecular formula is C21H23FN2O5S2. The van der Waals surface area contributed by atoms with Crippen LogP contribution in [-0.4, -0.2) is 48.4 Å². The fourth-order valence-corrected chi connectivity index (χ4v) is 5.09. The minimum Gasteiger partial charge on any atom is -0.462 e. The van der Waals surface area contributed by atoms with Crippen molar-refractivity contribution in [2.24, 2.45) is 0 Å². The molecule has 31 heavy (non-hydrogen) atoms. The Kier molecular flexibility index (Phi) is 7.91. The monoisotopic (exact) mass is 466 g/mol. The van der Waals surface area contributed by atoms with Gasteiger partial charge in [0.05, 0.1) is 31.1 Å². The predicted molar refractivity (Wildman–Crippen MR) is 117 cm³/mol. The Labute approximate surface area is 187 Å². The molecule has 0 spiro atoms. The van der Waals surface area contributed by atoms with E-state index in [0.717, 1.165) is 15.3 Å². The Hall–Kier alpha value is -2.59. The van der Waals surface area contributed by atoms with Crippen molar-refractivity contribution in [2.45, 2.75) is 31.7 Å². The first-order valence-electron chi connectivity index (χ1n) is 9.84. The molecule has 2 amide bonds. The Bertz CT molecular complexity index is 961. The Morgan fingerprint density at radius 3 is 2.55 bits per heavy atom. The number of carbonyl (C=O) groups excluding carboxylic acids is 3. The van der Waals surface area contributed by atoms with Crippen molar-refractivity contribution in [3.8, 4) is 0 Å². The highest BCUT2D eigenvalue weighted by Crippen LogP contribution is 2.38. The minimum atomic E-state index is -0.494. The van der Waals surface area contributed by atoms with Gasteiger partial charge in [0, 0.05) is 16.3 Å². The number of esters is 1. The molecule has 0 radical (unpaired) electrons. The molecule has 0 saturated heterocycles. The maximum atomic E-state index is 13.0. The highest BCUT2D eigenvalue weighted by Gasteiger charge is 2.31. The number of hydrogen-bond donors (Lipinski definition) is 1. The van der Waals surface area contributed by atoms with E-state index >= 15 is 0 Å². The predicted octanol–water partition coefficient (Wildman–Crippen LogP) is 4.31. The molecule has 0 atom stereocenters. The second-order valence-electron chi connectivity index (χ2n) is 6.59. The second-order valence-corrected chi connectivity index (χ2v) is 8.74. The number of hydrogen-bond acceptors (Lipinski definition) is 7. The molecule has 7 nitrogen and oxygen atoms in total. The molecule has 1 aromatic heterocycles. The average Bonchev–Trinajstić information content (AvgIpc) is 3.10. The van der Waals surface area contributed by atoms with Crippen molar-refractivity contribution in [1.29, 1.82) is 0 Å². The fraction of sp³-hybridized carbons (Fsp3) is 0.381. The van der Waals surface area contributed by atoms with E-state index in [0.29, 0.717) is 30.1 Å². The molecule has 1 aromatic carbocycles. The first-order chi connectivity index (χ1) is 14.9. The zero-order valence-corrected chi connectivity index (χ0v) is 18.9. The number of ether oxygens (including phenoxy) is 2. The van der Waals surface area contributed by atoms with Gasteiger partial charge >= 0.3 is 12.1 Å². The third-order valence-corrected chi connectivity index (χ3v) is 6.64. The molecule has 2 aromatic rings. The van der Waals surface area contributed by atoms with E-state index < -0.39 is 12.1 Å². The quantitative estimate of drug-likeness (QED) is 0.484. The van der Waals surface area contributed by atoms with Crippen LogP contribution in [0.2, 0.25) is 0 Å². The van der Waals surface area contributed by atoms with E-state index in [9.17, 15) is 18.8 Å². The summed E-state index contributed by atoms with van der Waals surface area (Å²) in [5.41, 5.74) is 1.15. The zero-order chi connectivity index (χ0) is 22.4. The normalized spacial score (nSPS) is 12.8. The summed E-state index contributed by atoms with van der Waals surface area (Å²) in [7, 11) is 0. The van der Waals surface area contributed by atoms with Crippen molar-refractivity contribution in [2.75, 3.05) is 30.8 Å². The number of amides is 2. The Morgan fingerprint density at radius 1 is 1.16 bits per heavy atom. The van der Waals surface area contributed by atoms with Crippen molar-refractivity contribution in [3.63, 3.8) is 0 Å². The van der Waals surface area contributed by atoms with Gasteiger partial charge in [0.2, 0.25) is 5.91 Å². The molecule has 0 bridgehead atoms. The highest BCUT2D eigenvalue weighted by atomic mass is 32.2. The highest BCUT2D eigenvalue weighted by molar-refractivity contribution is 8.00. The van der Waals surface area contributed by atoms with Crippen molar-refractivity contribution in [1.82, 2.24) is 4.90 Å². The average molecular weight is 467 g/mol. The molecule has 0 saturated carbocycles. The number of thiophene rings is 1. The molecule has 1 aliphatic rings. The fourth-order valence-electron chi connectivity index (χ4n) is 3.12. The van der Waals surface area contributed by atoms with E-state index in [1.54, 1.807) is 30.9 Å². The van der Waals surface area contributed by atoms with Gasteiger partial charge in [-0.25, -0.2) is 14.0 Å². The number of thioether (sulfide) groups is 1. The van der Waals surface area contributed by atoms with Gasteiger partial charge in [0.15, 0.2) is 0 Å². The first kappa shape index (κ1) is 23.1. The van der Waals surface area contributed by atoms with Crippen LogP contribution in [0.5, 0.6) is 0 Å². The lowest BCUT2D eigenvalue weighted by Gasteiger charge is -2.26. The van der Waals surface area contributed by atoms with Gasteiger partial charge in [-0.2, -0.15) is 0 Å². The van der Waals surface area contributed by atoms with Crippen LogP contribution >= 0.6 is 23.1 Å². The lowest BCUT2D eigenvalue weighted by atomic mass is 10.0. The number of nitrogens with zero attached hydrogens (tertiary/aromatic N) is 1. The Balaban J connectivity index is 1.75. The van der Waals surface area contributed by atoms with E-state index in [1.807, 2.05) is 0 Å². The summed E-state index contributed by atoms with van der Waals surface area (Å²) in [5, 5.41) is 3.22. The number of benzene rings is 1. The van der Waals surface area contributed by atoms with Crippen LogP contribution in [0, 0.1) is 5.82 Å². The summed E-state index contributed by atoms with van der Waals surface area (Å²) >= 11 is 2.53. The van der Waals surface area contributed by atoms with E-state index in [4.69, 9.17) is 9.47 Å². The summed E-state index contributed by atoms with van der Waals surface area (Å²) in [6.45, 7) is 4.69. The topological polar surface area (TPSA) is 84.9 Å². The van der Waals surface area contributed by atoms with Gasteiger partial charge in [-0.3, -0.25) is 4.79 Å². The number of rotatable bonds is 7. The van der Waals surface area contributed by atoms with E-state index in [2.05, 4.69) is 5.32 Å². The van der Waals surface area contributed by atoms with Crippen molar-refractivity contribution >= 4 is 46.1 Å². The van der Waals surface area contributed by atoms with Crippen molar-refractivity contribution in [3.05, 3.63) is 46.1 Å². The van der Waals surface area contributed by atoms with Gasteiger partial charge in [0.1, 0.15) is 10.8 Å². The molecule has 3 rings (SSSR count). The summed E-state index contributed by atoms with van der Waals surface area (Å²) in [4.78, 5) is 40.4. The van der Waals surface area contributed by atoms with E-state index in [-0.39, 0.29) is 30.7 Å². The number of carbonyl (C=O) groups is 3. The Morgan fingerprint density at radius 2 is 1.87 bits per heavy atom. The van der Waals surface area contributed by atoms with Gasteiger partial charge in [-0.05, 0) is 50.1 Å². The molecule has 0 fully saturated rings. The van der Waals surface area contributed by atoms with Crippen molar-refractivity contribution < 1.29 is 28.2 Å². The number of anilines is 1. The summed E-state index contributed by atoms with van der Waals surface area (Å²) < 4.78 is 23.3. The third-order valence-electron chi connectivity index (χ3n) is 4.50. The van der Waals surface area contributed by atoms with Gasteiger partial charge in [-0.1, -0.05) is 0 Å². The number of fused-ring (bicyclic) bond motifs is 1. The SMILES string of the molecule is CCOC(=O)c1c(NC(=O)CSc2ccc(F)cc2)sc2c1CCN(C(=O)OCC)C2. The summed E-state index contributed by atoms with van der Waals surface area (Å²) in [5.74, 6) is -1.02. The van der Waals surface area contributed by atoms with Crippen LogP contribution in [0.15, 0.2) is 29.2 Å². The maximum absolute atomic E-state index is 13.0. The van der Waals surface area contributed by atoms with Crippen LogP contribution in [-0.2, 0) is 27.2 Å². The van der Waals surface area contributed by atoms with Crippen LogP contribution in [0.25, 0.3) is 0 Å². The molecule has 1 aliphatic heterocycles. The van der Waals surface area contributed by atoms with E-state index in [1.165, 1.54) is 35.2 Å². The second kappa shape index (κ2) is 10.6. The zero-order valence-electron chi connectivity index (χ0n) is 17.2. The molecule has 166 valence electrons. The van der Waals surface area contributed by atoms with Gasteiger partial charge < -0.3 is 19.7 Å². The molecule has 1 N–H and O–H groups in total. The first-order valence-corrected chi connectivity index (χ1v) is 11.6. The van der Waals surface area contributed by atoms with Crippen LogP contribution < -0.4 is 5.32 Å². The summed E-state index contributed by atoms with van der Waals surface area (Å²) in [6.07, 6.45) is 0.0689. The van der Waals surface area contributed by atoms with Crippen LogP contribution in [0.3, 0.4) is 0 Å². The largest absolute Gasteiger partial charge is 0.462 e. The maximum Gasteiger partial charge on any atom is 0.410 e. The number of halogens is 1.